The molecular formula is C14H15NS. The van der Waals surface area contributed by atoms with Gasteiger partial charge in [-0.05, 0) is 35.2 Å². The normalized spacial score (nSPS) is 10.4. The van der Waals surface area contributed by atoms with Crippen molar-refractivity contribution in [3.8, 4) is 11.1 Å². The molecule has 0 saturated heterocycles. The van der Waals surface area contributed by atoms with Crippen LogP contribution in [0.5, 0.6) is 0 Å². The zero-order valence-corrected chi connectivity index (χ0v) is 10.2. The Morgan fingerprint density at radius 1 is 1.00 bits per heavy atom. The predicted molar refractivity (Wildman–Crippen MR) is 72.9 cm³/mol. The second kappa shape index (κ2) is 4.62. The van der Waals surface area contributed by atoms with Crippen molar-refractivity contribution in [1.29, 1.82) is 0 Å². The highest BCUT2D eigenvalue weighted by Gasteiger charge is 2.00. The summed E-state index contributed by atoms with van der Waals surface area (Å²) >= 11 is 4.33. The molecule has 0 aliphatic rings. The highest BCUT2D eigenvalue weighted by molar-refractivity contribution is 7.80. The zero-order valence-electron chi connectivity index (χ0n) is 9.27. The van der Waals surface area contributed by atoms with E-state index in [1.807, 2.05) is 18.2 Å². The van der Waals surface area contributed by atoms with E-state index in [9.17, 15) is 0 Å². The summed E-state index contributed by atoms with van der Waals surface area (Å²) in [4.78, 5) is 0.831. The Morgan fingerprint density at radius 3 is 2.19 bits per heavy atom. The third-order valence-electron chi connectivity index (χ3n) is 2.73. The number of aryl methyl sites for hydroxylation is 1. The highest BCUT2D eigenvalue weighted by atomic mass is 32.1. The maximum Gasteiger partial charge on any atom is 0.0450 e. The lowest BCUT2D eigenvalue weighted by molar-refractivity contribution is 1.14. The van der Waals surface area contributed by atoms with Gasteiger partial charge in [0.25, 0.3) is 0 Å². The summed E-state index contributed by atoms with van der Waals surface area (Å²) in [5, 5.41) is 0. The molecular weight excluding hydrogens is 214 g/mol. The molecule has 0 saturated carbocycles. The number of hydrogen-bond acceptors (Lipinski definition) is 2. The molecule has 2 aromatic carbocycles. The Bertz CT molecular complexity index is 489. The van der Waals surface area contributed by atoms with E-state index in [2.05, 4.69) is 43.8 Å². The first-order valence-electron chi connectivity index (χ1n) is 5.38. The van der Waals surface area contributed by atoms with E-state index in [0.717, 1.165) is 22.6 Å². The minimum atomic E-state index is 0.720. The molecule has 0 amide bonds. The summed E-state index contributed by atoms with van der Waals surface area (Å²) in [6, 6.07) is 14.5. The fourth-order valence-corrected chi connectivity index (χ4v) is 1.87. The van der Waals surface area contributed by atoms with E-state index in [1.165, 1.54) is 11.1 Å². The van der Waals surface area contributed by atoms with Crippen LogP contribution in [0.2, 0.25) is 0 Å². The van der Waals surface area contributed by atoms with E-state index in [1.54, 1.807) is 0 Å². The molecule has 0 aromatic heterocycles. The van der Waals surface area contributed by atoms with Gasteiger partial charge < -0.3 is 5.73 Å². The Labute approximate surface area is 102 Å². The van der Waals surface area contributed by atoms with E-state index in [0.29, 0.717) is 0 Å². The molecule has 2 N–H and O–H groups in total. The first-order valence-corrected chi connectivity index (χ1v) is 5.83. The topological polar surface area (TPSA) is 26.0 Å². The Kier molecular flexibility index (Phi) is 3.20. The van der Waals surface area contributed by atoms with Crippen LogP contribution in [0.3, 0.4) is 0 Å². The molecule has 0 aliphatic heterocycles. The van der Waals surface area contributed by atoms with Gasteiger partial charge in [-0.25, -0.2) is 0 Å². The lowest BCUT2D eigenvalue weighted by atomic mass is 10.0. The van der Waals surface area contributed by atoms with Gasteiger partial charge in [-0.2, -0.15) is 0 Å². The monoisotopic (exact) mass is 229 g/mol. The van der Waals surface area contributed by atoms with Crippen LogP contribution in [0.4, 0.5) is 5.69 Å². The van der Waals surface area contributed by atoms with Gasteiger partial charge in [0.15, 0.2) is 0 Å². The molecule has 0 unspecified atom stereocenters. The number of nitrogen functional groups attached to an aromatic ring is 1. The summed E-state index contributed by atoms with van der Waals surface area (Å²) in [5.74, 6) is 0. The molecule has 0 atom stereocenters. The fourth-order valence-electron chi connectivity index (χ4n) is 1.66. The van der Waals surface area contributed by atoms with Crippen LogP contribution in [0.25, 0.3) is 11.1 Å². The van der Waals surface area contributed by atoms with Crippen LogP contribution in [0.1, 0.15) is 12.5 Å². The Morgan fingerprint density at radius 2 is 1.62 bits per heavy atom. The molecule has 0 aliphatic carbocycles. The number of thiol groups is 1. The number of benzene rings is 2. The Hall–Kier alpha value is -1.41. The summed E-state index contributed by atoms with van der Waals surface area (Å²) in [5.41, 5.74) is 10.2. The lowest BCUT2D eigenvalue weighted by Crippen LogP contribution is -1.87. The van der Waals surface area contributed by atoms with E-state index in [-0.39, 0.29) is 0 Å². The molecule has 0 heterocycles. The molecule has 2 rings (SSSR count). The first kappa shape index (κ1) is 11.1. The van der Waals surface area contributed by atoms with Crippen LogP contribution in [-0.4, -0.2) is 0 Å². The second-order valence-corrected chi connectivity index (χ2v) is 4.31. The minimum absolute atomic E-state index is 0.720. The van der Waals surface area contributed by atoms with Crippen molar-refractivity contribution < 1.29 is 0 Å². The predicted octanol–water partition coefficient (Wildman–Crippen LogP) is 3.79. The molecule has 0 spiro atoms. The zero-order chi connectivity index (χ0) is 11.5. The van der Waals surface area contributed by atoms with E-state index < -0.39 is 0 Å². The van der Waals surface area contributed by atoms with E-state index in [4.69, 9.17) is 5.73 Å². The van der Waals surface area contributed by atoms with Gasteiger partial charge in [0.2, 0.25) is 0 Å². The summed E-state index contributed by atoms with van der Waals surface area (Å²) in [7, 11) is 0. The minimum Gasteiger partial charge on any atom is -0.398 e. The largest absolute Gasteiger partial charge is 0.398 e. The van der Waals surface area contributed by atoms with Gasteiger partial charge in [0, 0.05) is 10.6 Å². The molecule has 1 nitrogen and oxygen atoms in total. The van der Waals surface area contributed by atoms with Crippen molar-refractivity contribution >= 4 is 18.3 Å². The van der Waals surface area contributed by atoms with Gasteiger partial charge in [0.05, 0.1) is 0 Å². The van der Waals surface area contributed by atoms with Gasteiger partial charge in [0.1, 0.15) is 0 Å². The number of nitrogens with two attached hydrogens (primary N) is 1. The maximum absolute atomic E-state index is 5.74. The molecule has 16 heavy (non-hydrogen) atoms. The van der Waals surface area contributed by atoms with Crippen molar-refractivity contribution in [2.75, 3.05) is 5.73 Å². The van der Waals surface area contributed by atoms with Crippen LogP contribution in [-0.2, 0) is 6.42 Å². The molecule has 0 fully saturated rings. The van der Waals surface area contributed by atoms with Crippen molar-refractivity contribution in [2.45, 2.75) is 18.2 Å². The maximum atomic E-state index is 5.74. The number of hydrogen-bond donors (Lipinski definition) is 2. The van der Waals surface area contributed by atoms with E-state index >= 15 is 0 Å². The fraction of sp³-hybridized carbons (Fsp3) is 0.143. The van der Waals surface area contributed by atoms with Crippen LogP contribution < -0.4 is 5.73 Å². The quantitative estimate of drug-likeness (QED) is 0.594. The summed E-state index contributed by atoms with van der Waals surface area (Å²) in [6.45, 7) is 2.16. The highest BCUT2D eigenvalue weighted by Crippen LogP contribution is 2.26. The van der Waals surface area contributed by atoms with Gasteiger partial charge in [-0.1, -0.05) is 37.3 Å². The van der Waals surface area contributed by atoms with Gasteiger partial charge >= 0.3 is 0 Å². The van der Waals surface area contributed by atoms with Crippen molar-refractivity contribution in [1.82, 2.24) is 0 Å². The number of rotatable bonds is 2. The average molecular weight is 229 g/mol. The number of anilines is 1. The third kappa shape index (κ3) is 2.22. The molecule has 82 valence electrons. The van der Waals surface area contributed by atoms with Crippen LogP contribution >= 0.6 is 12.6 Å². The standard InChI is InChI=1S/C14H15NS/c1-2-10-3-5-11(6-4-10)12-7-8-13(15)14(16)9-12/h3-9,16H,2,15H2,1H3. The first-order chi connectivity index (χ1) is 7.70. The molecule has 2 heteroatoms. The molecule has 2 aromatic rings. The van der Waals surface area contributed by atoms with Gasteiger partial charge in [-0.15, -0.1) is 12.6 Å². The summed E-state index contributed by atoms with van der Waals surface area (Å²) in [6.07, 6.45) is 1.07. The lowest BCUT2D eigenvalue weighted by Gasteiger charge is -2.05. The van der Waals surface area contributed by atoms with Crippen molar-refractivity contribution in [2.24, 2.45) is 0 Å². The Balaban J connectivity index is 2.38. The van der Waals surface area contributed by atoms with Crippen LogP contribution in [0, 0.1) is 0 Å². The third-order valence-corrected chi connectivity index (χ3v) is 3.11. The molecule has 0 radical (unpaired) electrons. The molecule has 0 bridgehead atoms. The average Bonchev–Trinajstić information content (AvgIpc) is 2.33. The van der Waals surface area contributed by atoms with Gasteiger partial charge in [-0.3, -0.25) is 0 Å². The smallest absolute Gasteiger partial charge is 0.0450 e. The van der Waals surface area contributed by atoms with Crippen molar-refractivity contribution in [3.05, 3.63) is 48.0 Å². The second-order valence-electron chi connectivity index (χ2n) is 3.82. The SMILES string of the molecule is CCc1ccc(-c2ccc(N)c(S)c2)cc1. The van der Waals surface area contributed by atoms with Crippen LogP contribution in [0.15, 0.2) is 47.4 Å². The van der Waals surface area contributed by atoms with Crippen molar-refractivity contribution in [3.63, 3.8) is 0 Å². The summed E-state index contributed by atoms with van der Waals surface area (Å²) < 4.78 is 0.